The zero-order valence-electron chi connectivity index (χ0n) is 11.9. The van der Waals surface area contributed by atoms with Gasteiger partial charge in [0.1, 0.15) is 5.82 Å². The van der Waals surface area contributed by atoms with Crippen LogP contribution in [0.3, 0.4) is 0 Å². The SMILES string of the molecule is CCCNCc1nc(N(C)Cc2cccs2)ccc1Cl. The van der Waals surface area contributed by atoms with E-state index in [1.54, 1.807) is 11.3 Å². The molecule has 2 heterocycles. The average Bonchev–Trinajstić information content (AvgIpc) is 2.94. The maximum absolute atomic E-state index is 6.20. The third kappa shape index (κ3) is 4.20. The van der Waals surface area contributed by atoms with Gasteiger partial charge in [0.2, 0.25) is 0 Å². The van der Waals surface area contributed by atoms with Crippen LogP contribution in [-0.2, 0) is 13.1 Å². The first-order valence-corrected chi connectivity index (χ1v) is 8.06. The summed E-state index contributed by atoms with van der Waals surface area (Å²) in [5.74, 6) is 0.955. The molecule has 0 saturated heterocycles. The Kier molecular flexibility index (Phi) is 5.83. The summed E-state index contributed by atoms with van der Waals surface area (Å²) < 4.78 is 0. The van der Waals surface area contributed by atoms with Crippen molar-refractivity contribution < 1.29 is 0 Å². The molecule has 2 rings (SSSR count). The number of aromatic nitrogens is 1. The van der Waals surface area contributed by atoms with E-state index in [1.807, 2.05) is 12.1 Å². The Labute approximate surface area is 129 Å². The first kappa shape index (κ1) is 15.3. The van der Waals surface area contributed by atoms with Crippen LogP contribution in [-0.4, -0.2) is 18.6 Å². The van der Waals surface area contributed by atoms with Crippen molar-refractivity contribution in [3.8, 4) is 0 Å². The third-order valence-electron chi connectivity index (χ3n) is 2.99. The second kappa shape index (κ2) is 7.62. The molecule has 0 aliphatic carbocycles. The van der Waals surface area contributed by atoms with Crippen LogP contribution in [0.25, 0.3) is 0 Å². The molecule has 0 unspecified atom stereocenters. The highest BCUT2D eigenvalue weighted by atomic mass is 35.5. The number of nitrogens with one attached hydrogen (secondary N) is 1. The Morgan fingerprint density at radius 3 is 2.90 bits per heavy atom. The number of pyridine rings is 1. The van der Waals surface area contributed by atoms with Crippen LogP contribution in [0.4, 0.5) is 5.82 Å². The molecule has 3 nitrogen and oxygen atoms in total. The standard InChI is InChI=1S/C15H20ClN3S/c1-3-8-17-10-14-13(16)6-7-15(18-14)19(2)11-12-5-4-9-20-12/h4-7,9,17H,3,8,10-11H2,1-2H3. The molecule has 0 fully saturated rings. The van der Waals surface area contributed by atoms with Crippen molar-refractivity contribution in [3.63, 3.8) is 0 Å². The van der Waals surface area contributed by atoms with Crippen molar-refractivity contribution in [2.45, 2.75) is 26.4 Å². The largest absolute Gasteiger partial charge is 0.355 e. The molecule has 0 amide bonds. The number of hydrogen-bond acceptors (Lipinski definition) is 4. The molecule has 0 aliphatic heterocycles. The summed E-state index contributed by atoms with van der Waals surface area (Å²) in [7, 11) is 2.05. The van der Waals surface area contributed by atoms with Crippen molar-refractivity contribution >= 4 is 28.8 Å². The maximum Gasteiger partial charge on any atom is 0.129 e. The molecule has 108 valence electrons. The monoisotopic (exact) mass is 309 g/mol. The molecule has 2 aromatic heterocycles. The summed E-state index contributed by atoms with van der Waals surface area (Å²) >= 11 is 7.97. The van der Waals surface area contributed by atoms with E-state index in [0.29, 0.717) is 6.54 Å². The Balaban J connectivity index is 2.05. The van der Waals surface area contributed by atoms with Crippen LogP contribution in [0.1, 0.15) is 23.9 Å². The van der Waals surface area contributed by atoms with Gasteiger partial charge < -0.3 is 10.2 Å². The van der Waals surface area contributed by atoms with Gasteiger partial charge in [0.05, 0.1) is 17.3 Å². The minimum absolute atomic E-state index is 0.716. The predicted octanol–water partition coefficient (Wildman–Crippen LogP) is 3.93. The Hall–Kier alpha value is -1.10. The molecule has 0 bridgehead atoms. The highest BCUT2D eigenvalue weighted by Crippen LogP contribution is 2.21. The fraction of sp³-hybridized carbons (Fsp3) is 0.400. The first-order chi connectivity index (χ1) is 9.70. The number of rotatable bonds is 7. The van der Waals surface area contributed by atoms with Gasteiger partial charge in [-0.2, -0.15) is 0 Å². The molecule has 5 heteroatoms. The molecule has 20 heavy (non-hydrogen) atoms. The fourth-order valence-electron chi connectivity index (χ4n) is 1.91. The molecule has 0 radical (unpaired) electrons. The summed E-state index contributed by atoms with van der Waals surface area (Å²) in [6.07, 6.45) is 1.11. The summed E-state index contributed by atoms with van der Waals surface area (Å²) in [5.41, 5.74) is 0.913. The van der Waals surface area contributed by atoms with Crippen molar-refractivity contribution in [1.82, 2.24) is 10.3 Å². The van der Waals surface area contributed by atoms with Gasteiger partial charge in [-0.3, -0.25) is 0 Å². The quantitative estimate of drug-likeness (QED) is 0.785. The number of nitrogens with zero attached hydrogens (tertiary/aromatic N) is 2. The lowest BCUT2D eigenvalue weighted by molar-refractivity contribution is 0.663. The molecule has 0 aliphatic rings. The summed E-state index contributed by atoms with van der Waals surface area (Å²) in [6, 6.07) is 8.11. The zero-order chi connectivity index (χ0) is 14.4. The van der Waals surface area contributed by atoms with E-state index in [-0.39, 0.29) is 0 Å². The predicted molar refractivity (Wildman–Crippen MR) is 87.7 cm³/mol. The molecular formula is C15H20ClN3S. The molecule has 2 aromatic rings. The van der Waals surface area contributed by atoms with E-state index < -0.39 is 0 Å². The molecule has 0 atom stereocenters. The minimum atomic E-state index is 0.716. The lowest BCUT2D eigenvalue weighted by atomic mass is 10.3. The van der Waals surface area contributed by atoms with Crippen LogP contribution < -0.4 is 10.2 Å². The molecule has 1 N–H and O–H groups in total. The minimum Gasteiger partial charge on any atom is -0.355 e. The van der Waals surface area contributed by atoms with E-state index in [1.165, 1.54) is 4.88 Å². The van der Waals surface area contributed by atoms with Crippen LogP contribution in [0, 0.1) is 0 Å². The molecular weight excluding hydrogens is 290 g/mol. The third-order valence-corrected chi connectivity index (χ3v) is 4.19. The first-order valence-electron chi connectivity index (χ1n) is 6.80. The second-order valence-electron chi connectivity index (χ2n) is 4.71. The highest BCUT2D eigenvalue weighted by molar-refractivity contribution is 7.09. The topological polar surface area (TPSA) is 28.2 Å². The molecule has 0 saturated carbocycles. The van der Waals surface area contributed by atoms with Gasteiger partial charge >= 0.3 is 0 Å². The summed E-state index contributed by atoms with van der Waals surface area (Å²) in [6.45, 7) is 4.71. The summed E-state index contributed by atoms with van der Waals surface area (Å²) in [5, 5.41) is 6.16. The van der Waals surface area contributed by atoms with Crippen molar-refractivity contribution in [2.24, 2.45) is 0 Å². The van der Waals surface area contributed by atoms with E-state index in [9.17, 15) is 0 Å². The number of anilines is 1. The smallest absolute Gasteiger partial charge is 0.129 e. The van der Waals surface area contributed by atoms with Gasteiger partial charge in [-0.15, -0.1) is 11.3 Å². The van der Waals surface area contributed by atoms with Crippen LogP contribution in [0.5, 0.6) is 0 Å². The number of thiophene rings is 1. The lowest BCUT2D eigenvalue weighted by Gasteiger charge is -2.18. The van der Waals surface area contributed by atoms with Gasteiger partial charge in [-0.05, 0) is 36.5 Å². The number of hydrogen-bond donors (Lipinski definition) is 1. The van der Waals surface area contributed by atoms with Gasteiger partial charge in [0, 0.05) is 18.5 Å². The average molecular weight is 310 g/mol. The van der Waals surface area contributed by atoms with Crippen molar-refractivity contribution in [1.29, 1.82) is 0 Å². The van der Waals surface area contributed by atoms with Gasteiger partial charge in [-0.25, -0.2) is 4.98 Å². The molecule has 0 aromatic carbocycles. The van der Waals surface area contributed by atoms with Crippen LogP contribution >= 0.6 is 22.9 Å². The number of halogens is 1. The maximum atomic E-state index is 6.20. The van der Waals surface area contributed by atoms with Crippen LogP contribution in [0.2, 0.25) is 5.02 Å². The zero-order valence-corrected chi connectivity index (χ0v) is 13.5. The molecule has 0 spiro atoms. The lowest BCUT2D eigenvalue weighted by Crippen LogP contribution is -2.19. The van der Waals surface area contributed by atoms with E-state index in [4.69, 9.17) is 11.6 Å². The van der Waals surface area contributed by atoms with Crippen LogP contribution in [0.15, 0.2) is 29.6 Å². The van der Waals surface area contributed by atoms with Gasteiger partial charge in [0.15, 0.2) is 0 Å². The second-order valence-corrected chi connectivity index (χ2v) is 6.15. The van der Waals surface area contributed by atoms with E-state index in [0.717, 1.165) is 36.0 Å². The highest BCUT2D eigenvalue weighted by Gasteiger charge is 2.08. The van der Waals surface area contributed by atoms with E-state index >= 15 is 0 Å². The van der Waals surface area contributed by atoms with Gasteiger partial charge in [-0.1, -0.05) is 24.6 Å². The normalized spacial score (nSPS) is 10.8. The van der Waals surface area contributed by atoms with E-state index in [2.05, 4.69) is 46.7 Å². The Bertz CT molecular complexity index is 528. The fourth-order valence-corrected chi connectivity index (χ4v) is 2.84. The summed E-state index contributed by atoms with van der Waals surface area (Å²) in [4.78, 5) is 8.13. The Morgan fingerprint density at radius 1 is 1.35 bits per heavy atom. The van der Waals surface area contributed by atoms with Gasteiger partial charge in [0.25, 0.3) is 0 Å². The Morgan fingerprint density at radius 2 is 2.20 bits per heavy atom. The van der Waals surface area contributed by atoms with Crippen molar-refractivity contribution in [3.05, 3.63) is 45.2 Å². The van der Waals surface area contributed by atoms with Crippen molar-refractivity contribution in [2.75, 3.05) is 18.5 Å².